The van der Waals surface area contributed by atoms with Crippen LogP contribution in [0.5, 0.6) is 5.75 Å². The molecule has 0 saturated heterocycles. The molecule has 156 valence electrons. The zero-order valence-corrected chi connectivity index (χ0v) is 17.4. The van der Waals surface area contributed by atoms with E-state index in [1.807, 2.05) is 12.1 Å². The molecule has 1 aromatic heterocycles. The van der Waals surface area contributed by atoms with Gasteiger partial charge in [0.05, 0.1) is 17.5 Å². The molecule has 1 fully saturated rings. The second kappa shape index (κ2) is 8.83. The number of carbonyl (C=O) groups excluding carboxylic acids is 1. The number of amides is 1. The van der Waals surface area contributed by atoms with Gasteiger partial charge in [-0.3, -0.25) is 9.59 Å². The maximum atomic E-state index is 12.6. The Morgan fingerprint density at radius 3 is 2.70 bits per heavy atom. The molecular formula is C22H23ClN4O3. The van der Waals surface area contributed by atoms with E-state index in [1.165, 1.54) is 4.68 Å². The van der Waals surface area contributed by atoms with E-state index in [1.54, 1.807) is 37.4 Å². The Bertz CT molecular complexity index is 1120. The van der Waals surface area contributed by atoms with Gasteiger partial charge in [-0.1, -0.05) is 28.9 Å². The molecule has 7 nitrogen and oxygen atoms in total. The van der Waals surface area contributed by atoms with Crippen molar-refractivity contribution in [3.05, 3.63) is 57.8 Å². The molecule has 4 rings (SSSR count). The Morgan fingerprint density at radius 1 is 1.20 bits per heavy atom. The van der Waals surface area contributed by atoms with Gasteiger partial charge in [0.1, 0.15) is 11.3 Å². The van der Waals surface area contributed by atoms with Gasteiger partial charge in [-0.2, -0.15) is 0 Å². The van der Waals surface area contributed by atoms with E-state index in [4.69, 9.17) is 16.3 Å². The van der Waals surface area contributed by atoms with Crippen LogP contribution >= 0.6 is 11.6 Å². The Labute approximate surface area is 179 Å². The van der Waals surface area contributed by atoms with E-state index in [0.29, 0.717) is 39.8 Å². The first-order valence-corrected chi connectivity index (χ1v) is 10.4. The van der Waals surface area contributed by atoms with E-state index in [-0.39, 0.29) is 17.4 Å². The first-order chi connectivity index (χ1) is 14.5. The normalized spacial score (nSPS) is 18.9. The second-order valence-corrected chi connectivity index (χ2v) is 8.06. The van der Waals surface area contributed by atoms with Crippen LogP contribution in [0, 0.1) is 11.8 Å². The topological polar surface area (TPSA) is 86.1 Å². The molecule has 8 heteroatoms. The number of fused-ring (bicyclic) bond motifs is 1. The lowest BCUT2D eigenvalue weighted by molar-refractivity contribution is -0.121. The highest BCUT2D eigenvalue weighted by molar-refractivity contribution is 6.32. The Kier molecular flexibility index (Phi) is 5.99. The fourth-order valence-corrected chi connectivity index (χ4v) is 4.24. The number of anilines is 1. The molecule has 0 unspecified atom stereocenters. The first kappa shape index (κ1) is 20.3. The van der Waals surface area contributed by atoms with Gasteiger partial charge in [0.2, 0.25) is 5.91 Å². The summed E-state index contributed by atoms with van der Waals surface area (Å²) < 4.78 is 6.59. The third kappa shape index (κ3) is 4.31. The highest BCUT2D eigenvalue weighted by Crippen LogP contribution is 2.32. The molecule has 0 atom stereocenters. The van der Waals surface area contributed by atoms with E-state index in [9.17, 15) is 9.59 Å². The van der Waals surface area contributed by atoms with Crippen LogP contribution < -0.4 is 15.6 Å². The van der Waals surface area contributed by atoms with Gasteiger partial charge >= 0.3 is 0 Å². The Balaban J connectivity index is 1.35. The average Bonchev–Trinajstić information content (AvgIpc) is 2.76. The minimum absolute atomic E-state index is 0.00246. The fourth-order valence-electron chi connectivity index (χ4n) is 3.98. The van der Waals surface area contributed by atoms with Crippen molar-refractivity contribution in [2.24, 2.45) is 11.8 Å². The quantitative estimate of drug-likeness (QED) is 0.668. The number of hydrogen-bond acceptors (Lipinski definition) is 5. The number of halogens is 1. The predicted molar refractivity (Wildman–Crippen MR) is 116 cm³/mol. The minimum Gasteiger partial charge on any atom is -0.495 e. The van der Waals surface area contributed by atoms with Crippen LogP contribution in [0.25, 0.3) is 10.9 Å². The number of ether oxygens (including phenoxy) is 1. The largest absolute Gasteiger partial charge is 0.495 e. The summed E-state index contributed by atoms with van der Waals surface area (Å²) in [7, 11) is 1.55. The molecule has 1 saturated carbocycles. The van der Waals surface area contributed by atoms with Crippen molar-refractivity contribution < 1.29 is 9.53 Å². The smallest absolute Gasteiger partial charge is 0.277 e. The van der Waals surface area contributed by atoms with Crippen molar-refractivity contribution in [2.75, 3.05) is 12.4 Å². The van der Waals surface area contributed by atoms with Crippen molar-refractivity contribution in [1.29, 1.82) is 0 Å². The van der Waals surface area contributed by atoms with Crippen LogP contribution in [-0.4, -0.2) is 28.0 Å². The van der Waals surface area contributed by atoms with Gasteiger partial charge in [-0.15, -0.1) is 5.10 Å². The highest BCUT2D eigenvalue weighted by Gasteiger charge is 2.27. The summed E-state index contributed by atoms with van der Waals surface area (Å²) in [5, 5.41) is 12.2. The van der Waals surface area contributed by atoms with Crippen molar-refractivity contribution in [3.63, 3.8) is 0 Å². The summed E-state index contributed by atoms with van der Waals surface area (Å²) in [5.41, 5.74) is 1.15. The van der Waals surface area contributed by atoms with E-state index < -0.39 is 0 Å². The van der Waals surface area contributed by atoms with Crippen LogP contribution in [0.1, 0.15) is 25.7 Å². The third-order valence-electron chi connectivity index (χ3n) is 5.70. The Morgan fingerprint density at radius 2 is 1.97 bits per heavy atom. The summed E-state index contributed by atoms with van der Waals surface area (Å²) in [6.45, 7) is 0.527. The number of benzene rings is 2. The monoisotopic (exact) mass is 426 g/mol. The second-order valence-electron chi connectivity index (χ2n) is 7.65. The molecule has 1 aliphatic carbocycles. The number of aromatic nitrogens is 3. The zero-order chi connectivity index (χ0) is 21.1. The predicted octanol–water partition coefficient (Wildman–Crippen LogP) is 3.90. The van der Waals surface area contributed by atoms with Crippen LogP contribution in [-0.2, 0) is 11.3 Å². The van der Waals surface area contributed by atoms with Gasteiger partial charge in [0, 0.05) is 18.2 Å². The lowest BCUT2D eigenvalue weighted by Gasteiger charge is -2.27. The number of rotatable bonds is 5. The molecule has 0 aliphatic heterocycles. The standard InChI is InChI=1S/C22H23ClN4O3/c1-30-20-11-10-16(12-18(20)23)24-21(28)15-8-6-14(7-9-15)13-27-22(29)17-4-2-3-5-19(17)25-26-27/h2-5,10-12,14-15H,6-9,13H2,1H3,(H,24,28). The highest BCUT2D eigenvalue weighted by atomic mass is 35.5. The van der Waals surface area contributed by atoms with Crippen molar-refractivity contribution >= 4 is 34.1 Å². The van der Waals surface area contributed by atoms with Gasteiger partial charge in [0.15, 0.2) is 0 Å². The van der Waals surface area contributed by atoms with Crippen molar-refractivity contribution in [3.8, 4) is 5.75 Å². The molecule has 0 bridgehead atoms. The summed E-state index contributed by atoms with van der Waals surface area (Å²) in [4.78, 5) is 25.3. The summed E-state index contributed by atoms with van der Waals surface area (Å²) in [6.07, 6.45) is 3.27. The van der Waals surface area contributed by atoms with Crippen LogP contribution in [0.2, 0.25) is 5.02 Å². The van der Waals surface area contributed by atoms with Crippen LogP contribution in [0.4, 0.5) is 5.69 Å². The number of nitrogens with one attached hydrogen (secondary N) is 1. The minimum atomic E-state index is -0.114. The molecule has 30 heavy (non-hydrogen) atoms. The lowest BCUT2D eigenvalue weighted by Crippen LogP contribution is -2.32. The van der Waals surface area contributed by atoms with Gasteiger partial charge in [0.25, 0.3) is 5.56 Å². The van der Waals surface area contributed by atoms with Crippen molar-refractivity contribution in [1.82, 2.24) is 15.0 Å². The van der Waals surface area contributed by atoms with E-state index in [2.05, 4.69) is 15.6 Å². The van der Waals surface area contributed by atoms with Crippen LogP contribution in [0.3, 0.4) is 0 Å². The fraction of sp³-hybridized carbons (Fsp3) is 0.364. The van der Waals surface area contributed by atoms with Gasteiger partial charge in [-0.25, -0.2) is 4.68 Å². The number of nitrogens with zero attached hydrogens (tertiary/aromatic N) is 3. The van der Waals surface area contributed by atoms with Crippen LogP contribution in [0.15, 0.2) is 47.3 Å². The summed E-state index contributed by atoms with van der Waals surface area (Å²) >= 11 is 6.13. The number of hydrogen-bond donors (Lipinski definition) is 1. The Hall–Kier alpha value is -2.93. The summed E-state index contributed by atoms with van der Waals surface area (Å²) in [6, 6.07) is 12.4. The molecule has 1 heterocycles. The van der Waals surface area contributed by atoms with Crippen molar-refractivity contribution in [2.45, 2.75) is 32.2 Å². The SMILES string of the molecule is COc1ccc(NC(=O)C2CCC(Cn3nnc4ccccc4c3=O)CC2)cc1Cl. The molecule has 1 N–H and O–H groups in total. The number of methoxy groups -OCH3 is 1. The molecule has 3 aromatic rings. The molecule has 0 spiro atoms. The summed E-state index contributed by atoms with van der Waals surface area (Å²) in [5.74, 6) is 0.818. The molecule has 0 radical (unpaired) electrons. The maximum absolute atomic E-state index is 12.6. The zero-order valence-electron chi connectivity index (χ0n) is 16.7. The lowest BCUT2D eigenvalue weighted by atomic mass is 9.81. The molecule has 1 amide bonds. The molecule has 2 aromatic carbocycles. The first-order valence-electron chi connectivity index (χ1n) is 10.0. The molecule has 1 aliphatic rings. The van der Waals surface area contributed by atoms with Gasteiger partial charge in [-0.05, 0) is 61.9 Å². The van der Waals surface area contributed by atoms with E-state index in [0.717, 1.165) is 25.7 Å². The van der Waals surface area contributed by atoms with E-state index >= 15 is 0 Å². The maximum Gasteiger partial charge on any atom is 0.277 e. The average molecular weight is 427 g/mol. The third-order valence-corrected chi connectivity index (χ3v) is 5.99. The number of carbonyl (C=O) groups is 1. The molecular weight excluding hydrogens is 404 g/mol. The van der Waals surface area contributed by atoms with Gasteiger partial charge < -0.3 is 10.1 Å².